The molecule has 0 aliphatic rings. The first-order valence-corrected chi connectivity index (χ1v) is 7.60. The molecule has 1 amide bonds. The quantitative estimate of drug-likeness (QED) is 0.900. The number of nitrogens with zero attached hydrogens (tertiary/aromatic N) is 3. The third-order valence-electron chi connectivity index (χ3n) is 3.22. The molecule has 1 heterocycles. The van der Waals surface area contributed by atoms with Crippen molar-refractivity contribution in [3.05, 3.63) is 46.2 Å². The molecule has 2 rings (SSSR count). The van der Waals surface area contributed by atoms with E-state index >= 15 is 0 Å². The highest BCUT2D eigenvalue weighted by Crippen LogP contribution is 2.18. The van der Waals surface area contributed by atoms with Crippen molar-refractivity contribution in [2.24, 2.45) is 5.73 Å². The molecule has 0 atom stereocenters. The van der Waals surface area contributed by atoms with Crippen molar-refractivity contribution in [3.8, 4) is 5.69 Å². The Labute approximate surface area is 132 Å². The lowest BCUT2D eigenvalue weighted by Crippen LogP contribution is -2.30. The van der Waals surface area contributed by atoms with Crippen molar-refractivity contribution in [2.45, 2.75) is 13.3 Å². The SMILES string of the molecule is Cc1ccc(-n2nc(Br)cc2C(=O)N(C)CCCN)cc1. The molecule has 0 unspecified atom stereocenters. The van der Waals surface area contributed by atoms with Crippen LogP contribution >= 0.6 is 15.9 Å². The zero-order valence-corrected chi connectivity index (χ0v) is 13.8. The standard InChI is InChI=1S/C15H19BrN4O/c1-11-4-6-12(7-5-11)20-13(10-14(16)18-20)15(21)19(2)9-3-8-17/h4-7,10H,3,8-9,17H2,1-2H3. The molecule has 0 aliphatic carbocycles. The summed E-state index contributed by atoms with van der Waals surface area (Å²) in [6.07, 6.45) is 0.780. The Morgan fingerprint density at radius 3 is 2.67 bits per heavy atom. The fourth-order valence-corrected chi connectivity index (χ4v) is 2.39. The molecule has 1 aromatic carbocycles. The van der Waals surface area contributed by atoms with Crippen LogP contribution < -0.4 is 5.73 Å². The van der Waals surface area contributed by atoms with E-state index in [1.807, 2.05) is 31.2 Å². The van der Waals surface area contributed by atoms with Gasteiger partial charge in [-0.2, -0.15) is 5.10 Å². The number of aryl methyl sites for hydroxylation is 1. The van der Waals surface area contributed by atoms with Crippen LogP contribution in [0.25, 0.3) is 5.69 Å². The average molecular weight is 351 g/mol. The molecule has 112 valence electrons. The summed E-state index contributed by atoms with van der Waals surface area (Å²) in [7, 11) is 1.78. The van der Waals surface area contributed by atoms with E-state index in [-0.39, 0.29) is 5.91 Å². The Morgan fingerprint density at radius 2 is 2.05 bits per heavy atom. The van der Waals surface area contributed by atoms with Gasteiger partial charge in [-0.1, -0.05) is 17.7 Å². The highest BCUT2D eigenvalue weighted by molar-refractivity contribution is 9.10. The number of aromatic nitrogens is 2. The molecule has 5 nitrogen and oxygen atoms in total. The van der Waals surface area contributed by atoms with Gasteiger partial charge in [-0.05, 0) is 48.0 Å². The van der Waals surface area contributed by atoms with E-state index in [0.29, 0.717) is 23.4 Å². The summed E-state index contributed by atoms with van der Waals surface area (Å²) in [5, 5.41) is 4.36. The zero-order chi connectivity index (χ0) is 15.4. The van der Waals surface area contributed by atoms with Crippen molar-refractivity contribution < 1.29 is 4.79 Å². The predicted octanol–water partition coefficient (Wildman–Crippen LogP) is 2.36. The third kappa shape index (κ3) is 3.71. The van der Waals surface area contributed by atoms with Crippen LogP contribution in [0.4, 0.5) is 0 Å². The Morgan fingerprint density at radius 1 is 1.38 bits per heavy atom. The lowest BCUT2D eigenvalue weighted by molar-refractivity contribution is 0.0785. The van der Waals surface area contributed by atoms with Crippen molar-refractivity contribution in [1.82, 2.24) is 14.7 Å². The Bertz CT molecular complexity index is 621. The van der Waals surface area contributed by atoms with Crippen molar-refractivity contribution in [1.29, 1.82) is 0 Å². The molecule has 0 fully saturated rings. The van der Waals surface area contributed by atoms with E-state index < -0.39 is 0 Å². The molecule has 1 aromatic heterocycles. The first-order valence-electron chi connectivity index (χ1n) is 6.81. The second-order valence-electron chi connectivity index (χ2n) is 4.97. The highest BCUT2D eigenvalue weighted by Gasteiger charge is 2.19. The molecule has 0 aliphatic heterocycles. The number of hydrogen-bond donors (Lipinski definition) is 1. The first kappa shape index (κ1) is 15.7. The van der Waals surface area contributed by atoms with E-state index in [0.717, 1.165) is 17.7 Å². The minimum atomic E-state index is -0.0674. The van der Waals surface area contributed by atoms with Crippen molar-refractivity contribution in [3.63, 3.8) is 0 Å². The molecule has 2 aromatic rings. The van der Waals surface area contributed by atoms with Crippen LogP contribution in [0, 0.1) is 6.92 Å². The van der Waals surface area contributed by atoms with E-state index in [2.05, 4.69) is 21.0 Å². The van der Waals surface area contributed by atoms with Gasteiger partial charge in [0.05, 0.1) is 5.69 Å². The van der Waals surface area contributed by atoms with E-state index in [1.165, 1.54) is 0 Å². The van der Waals surface area contributed by atoms with Crippen LogP contribution in [0.5, 0.6) is 0 Å². The predicted molar refractivity (Wildman–Crippen MR) is 86.6 cm³/mol. The van der Waals surface area contributed by atoms with E-state index in [1.54, 1.807) is 22.7 Å². The molecule has 0 bridgehead atoms. The lowest BCUT2D eigenvalue weighted by atomic mass is 10.2. The van der Waals surface area contributed by atoms with Gasteiger partial charge in [-0.15, -0.1) is 0 Å². The number of hydrogen-bond acceptors (Lipinski definition) is 3. The van der Waals surface area contributed by atoms with Crippen molar-refractivity contribution in [2.75, 3.05) is 20.1 Å². The van der Waals surface area contributed by atoms with Gasteiger partial charge in [0.2, 0.25) is 0 Å². The number of benzene rings is 1. The van der Waals surface area contributed by atoms with Gasteiger partial charge in [0.25, 0.3) is 5.91 Å². The zero-order valence-electron chi connectivity index (χ0n) is 12.2. The highest BCUT2D eigenvalue weighted by atomic mass is 79.9. The van der Waals surface area contributed by atoms with Crippen molar-refractivity contribution >= 4 is 21.8 Å². The van der Waals surface area contributed by atoms with Gasteiger partial charge >= 0.3 is 0 Å². The second kappa shape index (κ2) is 6.87. The monoisotopic (exact) mass is 350 g/mol. The largest absolute Gasteiger partial charge is 0.340 e. The van der Waals surface area contributed by atoms with Gasteiger partial charge in [0, 0.05) is 19.7 Å². The fourth-order valence-electron chi connectivity index (χ4n) is 2.01. The molecular formula is C15H19BrN4O. The van der Waals surface area contributed by atoms with Gasteiger partial charge in [-0.3, -0.25) is 4.79 Å². The fraction of sp³-hybridized carbons (Fsp3) is 0.333. The maximum absolute atomic E-state index is 12.5. The summed E-state index contributed by atoms with van der Waals surface area (Å²) in [6, 6.07) is 9.63. The van der Waals surface area contributed by atoms with Gasteiger partial charge < -0.3 is 10.6 Å². The minimum Gasteiger partial charge on any atom is -0.340 e. The van der Waals surface area contributed by atoms with E-state index in [4.69, 9.17) is 5.73 Å². The molecule has 0 spiro atoms. The Kier molecular flexibility index (Phi) is 5.14. The summed E-state index contributed by atoms with van der Waals surface area (Å²) >= 11 is 3.34. The first-order chi connectivity index (χ1) is 10.0. The molecular weight excluding hydrogens is 332 g/mol. The number of carbonyl (C=O) groups excluding carboxylic acids is 1. The minimum absolute atomic E-state index is 0.0674. The smallest absolute Gasteiger partial charge is 0.272 e. The Hall–Kier alpha value is -1.66. The maximum atomic E-state index is 12.5. The summed E-state index contributed by atoms with van der Waals surface area (Å²) in [5.74, 6) is -0.0674. The molecule has 6 heteroatoms. The van der Waals surface area contributed by atoms with Gasteiger partial charge in [0.1, 0.15) is 10.3 Å². The third-order valence-corrected chi connectivity index (χ3v) is 3.61. The number of nitrogens with two attached hydrogens (primary N) is 1. The number of amides is 1. The van der Waals surface area contributed by atoms with Crippen LogP contribution in [0.2, 0.25) is 0 Å². The number of halogens is 1. The van der Waals surface area contributed by atoms with Crippen LogP contribution in [0.3, 0.4) is 0 Å². The molecule has 0 saturated carbocycles. The van der Waals surface area contributed by atoms with Gasteiger partial charge in [-0.25, -0.2) is 4.68 Å². The molecule has 0 radical (unpaired) electrons. The van der Waals surface area contributed by atoms with Crippen LogP contribution in [-0.4, -0.2) is 40.7 Å². The lowest BCUT2D eigenvalue weighted by Gasteiger charge is -2.17. The van der Waals surface area contributed by atoms with E-state index in [9.17, 15) is 4.79 Å². The summed E-state index contributed by atoms with van der Waals surface area (Å²) < 4.78 is 2.30. The van der Waals surface area contributed by atoms with Crippen LogP contribution in [0.1, 0.15) is 22.5 Å². The Balaban J connectivity index is 2.32. The maximum Gasteiger partial charge on any atom is 0.272 e. The van der Waals surface area contributed by atoms with Gasteiger partial charge in [0.15, 0.2) is 0 Å². The van der Waals surface area contributed by atoms with Crippen LogP contribution in [-0.2, 0) is 0 Å². The second-order valence-corrected chi connectivity index (χ2v) is 5.78. The average Bonchev–Trinajstić information content (AvgIpc) is 2.86. The number of carbonyl (C=O) groups is 1. The summed E-state index contributed by atoms with van der Waals surface area (Å²) in [6.45, 7) is 3.22. The topological polar surface area (TPSA) is 64.2 Å². The molecule has 0 saturated heterocycles. The molecule has 2 N–H and O–H groups in total. The van der Waals surface area contributed by atoms with Crippen LogP contribution in [0.15, 0.2) is 34.9 Å². The summed E-state index contributed by atoms with van der Waals surface area (Å²) in [4.78, 5) is 14.2. The number of rotatable bonds is 5. The normalized spacial score (nSPS) is 10.7. The summed E-state index contributed by atoms with van der Waals surface area (Å²) in [5.41, 5.74) is 8.05. The molecule has 21 heavy (non-hydrogen) atoms.